The Labute approximate surface area is 239 Å². The number of carbonyl (C=O) groups excluding carboxylic acids is 4. The lowest BCUT2D eigenvalue weighted by atomic mass is 10.2. The number of rotatable bonds is 8. The van der Waals surface area contributed by atoms with Crippen molar-refractivity contribution in [1.82, 2.24) is 0 Å². The Bertz CT molecular complexity index is 1180. The number of fused-ring (bicyclic) bond motifs is 2. The Morgan fingerprint density at radius 2 is 1.20 bits per heavy atom. The Morgan fingerprint density at radius 3 is 1.51 bits per heavy atom. The van der Waals surface area contributed by atoms with E-state index >= 15 is 0 Å². The molecule has 0 atom stereocenters. The summed E-state index contributed by atoms with van der Waals surface area (Å²) in [4.78, 5) is 56.6. The second-order valence-electron chi connectivity index (χ2n) is 12.8. The van der Waals surface area contributed by atoms with Crippen LogP contribution in [0.2, 0.25) is 0 Å². The van der Waals surface area contributed by atoms with Gasteiger partial charge in [0, 0.05) is 12.3 Å². The number of hydrogen-bond donors (Lipinski definition) is 1. The first kappa shape index (κ1) is 29.4. The third kappa shape index (κ3) is 5.55. The summed E-state index contributed by atoms with van der Waals surface area (Å²) >= 11 is 0. The lowest BCUT2D eigenvalue weighted by molar-refractivity contribution is -0.154. The van der Waals surface area contributed by atoms with Crippen LogP contribution in [-0.2, 0) is 33.4 Å². The molecule has 1 N–H and O–H groups in total. The largest absolute Gasteiger partial charge is 0.481 e. The fourth-order valence-corrected chi connectivity index (χ4v) is 7.91. The molecular formula is C31H40N2O8. The summed E-state index contributed by atoms with van der Waals surface area (Å²) in [6, 6.07) is 0. The summed E-state index contributed by atoms with van der Waals surface area (Å²) in [5.74, 6) is -2.81. The van der Waals surface area contributed by atoms with E-state index in [-0.39, 0.29) is 29.1 Å². The molecule has 0 aromatic rings. The third-order valence-corrected chi connectivity index (χ3v) is 10.7. The van der Waals surface area contributed by atoms with Gasteiger partial charge in [0.05, 0.1) is 13.2 Å². The molecule has 0 amide bonds. The number of Topliss-reactive ketones (excluding diaryl/α,β-unsaturated/α-hetero) is 2. The highest BCUT2D eigenvalue weighted by Gasteiger charge is 2.89. The minimum Gasteiger partial charge on any atom is -0.481 e. The highest BCUT2D eigenvalue weighted by molar-refractivity contribution is 6.55. The topological polar surface area (TPSA) is 160 Å². The molecule has 10 heteroatoms. The molecule has 0 saturated heterocycles. The number of ketones is 2. The van der Waals surface area contributed by atoms with Gasteiger partial charge in [-0.1, -0.05) is 11.1 Å². The van der Waals surface area contributed by atoms with Gasteiger partial charge in [0.2, 0.25) is 5.78 Å². The quantitative estimate of drug-likeness (QED) is 0.114. The number of carbonyl (C=O) groups is 5. The molecule has 4 spiro atoms. The van der Waals surface area contributed by atoms with E-state index in [4.69, 9.17) is 15.4 Å². The summed E-state index contributed by atoms with van der Waals surface area (Å²) in [6.45, 7) is 3.74. The van der Waals surface area contributed by atoms with E-state index in [0.29, 0.717) is 36.0 Å². The molecule has 10 nitrogen and oxygen atoms in total. The van der Waals surface area contributed by atoms with Gasteiger partial charge in [0.15, 0.2) is 0 Å². The summed E-state index contributed by atoms with van der Waals surface area (Å²) in [5, 5.41) is 8.64. The molecule has 222 valence electrons. The van der Waals surface area contributed by atoms with Gasteiger partial charge < -0.3 is 20.1 Å². The van der Waals surface area contributed by atoms with Crippen molar-refractivity contribution < 1.29 is 43.3 Å². The van der Waals surface area contributed by atoms with Crippen molar-refractivity contribution in [1.29, 1.82) is 0 Å². The van der Waals surface area contributed by atoms with E-state index < -0.39 is 23.7 Å². The van der Waals surface area contributed by atoms with E-state index in [2.05, 4.69) is 9.53 Å². The first-order valence-corrected chi connectivity index (χ1v) is 15.1. The van der Waals surface area contributed by atoms with Crippen LogP contribution in [0.3, 0.4) is 0 Å². The maximum Gasteiger partial charge on any atom is 0.386 e. The molecule has 8 fully saturated rings. The monoisotopic (exact) mass is 568 g/mol. The average Bonchev–Trinajstić information content (AvgIpc) is 3.71. The zero-order valence-electron chi connectivity index (χ0n) is 24.0. The molecule has 41 heavy (non-hydrogen) atoms. The summed E-state index contributed by atoms with van der Waals surface area (Å²) < 4.78 is 9.02. The average molecular weight is 569 g/mol. The third-order valence-electron chi connectivity index (χ3n) is 10.7. The van der Waals surface area contributed by atoms with Gasteiger partial charge in [-0.2, -0.15) is 4.79 Å². The number of esters is 2. The van der Waals surface area contributed by atoms with Crippen LogP contribution >= 0.6 is 0 Å². The fraction of sp³-hybridized carbons (Fsp3) is 0.742. The minimum atomic E-state index is -1.01. The van der Waals surface area contributed by atoms with Crippen molar-refractivity contribution in [3.8, 4) is 0 Å². The van der Waals surface area contributed by atoms with Gasteiger partial charge in [-0.05, 0) is 118 Å². The van der Waals surface area contributed by atoms with Crippen LogP contribution < -0.4 is 0 Å². The lowest BCUT2D eigenvalue weighted by Crippen LogP contribution is -2.20. The predicted molar refractivity (Wildman–Crippen MR) is 144 cm³/mol. The molecule has 0 aliphatic heterocycles. The fourth-order valence-electron chi connectivity index (χ4n) is 7.91. The zero-order chi connectivity index (χ0) is 29.6. The van der Waals surface area contributed by atoms with Gasteiger partial charge in [0.1, 0.15) is 0 Å². The molecule has 0 radical (unpaired) electrons. The Balaban J connectivity index is 0.000000114. The van der Waals surface area contributed by atoms with Crippen LogP contribution in [-0.4, -0.2) is 58.8 Å². The lowest BCUT2D eigenvalue weighted by Gasteiger charge is -1.98. The van der Waals surface area contributed by atoms with Crippen molar-refractivity contribution in [2.45, 2.75) is 97.3 Å². The molecular weight excluding hydrogens is 528 g/mol. The van der Waals surface area contributed by atoms with Crippen molar-refractivity contribution >= 4 is 35.7 Å². The number of hydrogen-bond acceptors (Lipinski definition) is 7. The van der Waals surface area contributed by atoms with E-state index in [1.54, 1.807) is 25.0 Å². The highest BCUT2D eigenvalue weighted by atomic mass is 16.5. The molecule has 0 aromatic carbocycles. The number of carboxylic acid groups (broad SMARTS) is 1. The standard InChI is InChI=1S/C11H14O3.C9H12O2.C6H8.C5H6N2O3/c1-2-14-9(13)7(12)8-10(3-4-10)11(8)5-6-11;10-7(11)5-6-8(1-2-8)9(6)3-4-9;1-2-5(1)6-3-4-6;1-2-10-5(9)4(8)3-7-6/h8H,2-6H2,1H3;6H,1-5H2,(H,10,11);1-4H2;3H,2H2,1H3. The minimum absolute atomic E-state index is 0.0362. The number of carboxylic acids is 1. The number of aliphatic carboxylic acids is 1. The first-order chi connectivity index (χ1) is 19.6. The molecule has 8 saturated carbocycles. The summed E-state index contributed by atoms with van der Waals surface area (Å²) in [7, 11) is 0. The molecule has 0 heterocycles. The van der Waals surface area contributed by atoms with Crippen LogP contribution in [0, 0.1) is 33.5 Å². The van der Waals surface area contributed by atoms with E-state index in [1.165, 1.54) is 51.4 Å². The SMILES string of the molecule is C1CC1=C1CC1.CCOC(=O)C(=O)C1C2(CC2)C12CC2.CCOC(=O)C(=O)C=[N+]=[N-].O=C(O)CC1C2(CC2)C12CC2. The highest BCUT2D eigenvalue weighted by Crippen LogP contribution is 2.93. The van der Waals surface area contributed by atoms with E-state index in [0.717, 1.165) is 25.7 Å². The van der Waals surface area contributed by atoms with Crippen LogP contribution in [0.15, 0.2) is 11.1 Å². The van der Waals surface area contributed by atoms with Crippen LogP contribution in [0.25, 0.3) is 5.53 Å². The van der Waals surface area contributed by atoms with Crippen LogP contribution in [0.4, 0.5) is 0 Å². The van der Waals surface area contributed by atoms with Crippen molar-refractivity contribution in [2.75, 3.05) is 13.2 Å². The predicted octanol–water partition coefficient (Wildman–Crippen LogP) is 4.25. The van der Waals surface area contributed by atoms with E-state index in [1.807, 2.05) is 0 Å². The van der Waals surface area contributed by atoms with Gasteiger partial charge >= 0.3 is 29.9 Å². The first-order valence-electron chi connectivity index (χ1n) is 15.1. The molecule has 0 aromatic heterocycles. The number of allylic oxidation sites excluding steroid dienone is 2. The van der Waals surface area contributed by atoms with Crippen LogP contribution in [0.5, 0.6) is 0 Å². The van der Waals surface area contributed by atoms with E-state index in [9.17, 15) is 24.0 Å². The molecule has 0 unspecified atom stereocenters. The van der Waals surface area contributed by atoms with Crippen molar-refractivity contribution in [3.63, 3.8) is 0 Å². The Hall–Kier alpha value is -3.13. The second-order valence-corrected chi connectivity index (χ2v) is 12.8. The molecule has 0 bridgehead atoms. The number of nitrogens with zero attached hydrogens (tertiary/aromatic N) is 2. The van der Waals surface area contributed by atoms with Crippen molar-refractivity contribution in [3.05, 3.63) is 16.7 Å². The smallest absolute Gasteiger partial charge is 0.386 e. The van der Waals surface area contributed by atoms with Gasteiger partial charge in [-0.3, -0.25) is 14.4 Å². The van der Waals surface area contributed by atoms with Crippen LogP contribution in [0.1, 0.15) is 97.3 Å². The van der Waals surface area contributed by atoms with Gasteiger partial charge in [-0.25, -0.2) is 9.59 Å². The van der Waals surface area contributed by atoms with Crippen molar-refractivity contribution in [2.24, 2.45) is 33.5 Å². The second kappa shape index (κ2) is 10.6. The summed E-state index contributed by atoms with van der Waals surface area (Å²) in [6.07, 6.45) is 16.6. The Kier molecular flexibility index (Phi) is 7.60. The maximum absolute atomic E-state index is 11.7. The molecule has 8 rings (SSSR count). The maximum atomic E-state index is 11.7. The molecule has 8 aliphatic carbocycles. The zero-order valence-corrected chi connectivity index (χ0v) is 24.0. The molecule has 8 aliphatic rings. The number of ether oxygens (including phenoxy) is 2. The van der Waals surface area contributed by atoms with Gasteiger partial charge in [-0.15, -0.1) is 0 Å². The normalized spacial score (nSPS) is 27.7. The van der Waals surface area contributed by atoms with Gasteiger partial charge in [0.25, 0.3) is 0 Å². The summed E-state index contributed by atoms with van der Waals surface area (Å²) in [5.41, 5.74) is 13.1. The Morgan fingerprint density at radius 1 is 0.780 bits per heavy atom.